The minimum atomic E-state index is -4.12. The quantitative estimate of drug-likeness (QED) is 0.786. The van der Waals surface area contributed by atoms with Gasteiger partial charge in [0.25, 0.3) is 0 Å². The molecule has 0 radical (unpaired) electrons. The van der Waals surface area contributed by atoms with Crippen LogP contribution in [0.3, 0.4) is 0 Å². The maximum absolute atomic E-state index is 12.6. The highest BCUT2D eigenvalue weighted by molar-refractivity contribution is 7.11. The molecule has 0 saturated carbocycles. The summed E-state index contributed by atoms with van der Waals surface area (Å²) in [5, 5.41) is 3.54. The maximum Gasteiger partial charge on any atom is 0.330 e. The zero-order valence-electron chi connectivity index (χ0n) is 10.8. The number of nitrogens with one attached hydrogen (secondary N) is 1. The summed E-state index contributed by atoms with van der Waals surface area (Å²) in [6.07, 6.45) is -3.72. The first-order valence-electron chi connectivity index (χ1n) is 5.65. The van der Waals surface area contributed by atoms with Crippen molar-refractivity contribution in [2.45, 2.75) is 38.8 Å². The number of alkyl halides is 4. The lowest BCUT2D eigenvalue weighted by molar-refractivity contribution is -0.168. The van der Waals surface area contributed by atoms with Crippen LogP contribution in [0.1, 0.15) is 28.5 Å². The number of nitrogens with zero attached hydrogens (tertiary/aromatic N) is 1. The number of thiazole rings is 1. The van der Waals surface area contributed by atoms with E-state index in [2.05, 4.69) is 15.0 Å². The van der Waals surface area contributed by atoms with Gasteiger partial charge >= 0.3 is 12.3 Å². The molecular weight excluding hydrogens is 284 g/mol. The fourth-order valence-electron chi connectivity index (χ4n) is 1.40. The van der Waals surface area contributed by atoms with Crippen LogP contribution in [-0.4, -0.2) is 31.0 Å². The van der Waals surface area contributed by atoms with Gasteiger partial charge in [0.2, 0.25) is 0 Å². The molecule has 0 fully saturated rings. The number of hydrogen-bond donors (Lipinski definition) is 1. The summed E-state index contributed by atoms with van der Waals surface area (Å²) >= 11 is 1.32. The lowest BCUT2D eigenvalue weighted by Gasteiger charge is -2.14. The molecule has 0 aliphatic carbocycles. The smallest absolute Gasteiger partial charge is 0.330 e. The predicted octanol–water partition coefficient (Wildman–Crippen LogP) is 3.15. The molecule has 110 valence electrons. The molecule has 1 aromatic heterocycles. The Kier molecular flexibility index (Phi) is 5.69. The number of aromatic nitrogens is 1. The van der Waals surface area contributed by atoms with Gasteiger partial charge in [-0.3, -0.25) is 0 Å². The molecule has 1 aromatic rings. The number of halogens is 4. The van der Waals surface area contributed by atoms with E-state index in [9.17, 15) is 17.6 Å². The van der Waals surface area contributed by atoms with E-state index in [1.807, 2.05) is 6.92 Å². The Morgan fingerprint density at radius 3 is 2.58 bits per heavy atom. The van der Waals surface area contributed by atoms with Crippen molar-refractivity contribution in [1.29, 1.82) is 0 Å². The molecule has 3 nitrogen and oxygen atoms in total. The number of rotatable bonds is 7. The zero-order chi connectivity index (χ0) is 14.6. The molecule has 1 unspecified atom stereocenters. The van der Waals surface area contributed by atoms with Crippen LogP contribution in [0.5, 0.6) is 0 Å². The van der Waals surface area contributed by atoms with Gasteiger partial charge in [0, 0.05) is 10.9 Å². The van der Waals surface area contributed by atoms with Crippen molar-refractivity contribution in [1.82, 2.24) is 10.3 Å². The van der Waals surface area contributed by atoms with Gasteiger partial charge in [0.15, 0.2) is 0 Å². The minimum absolute atomic E-state index is 0.0914. The molecule has 0 aliphatic heterocycles. The van der Waals surface area contributed by atoms with Crippen LogP contribution in [0.25, 0.3) is 0 Å². The summed E-state index contributed by atoms with van der Waals surface area (Å²) in [5.41, 5.74) is 0.783. The molecule has 0 aromatic carbocycles. The molecule has 8 heteroatoms. The van der Waals surface area contributed by atoms with Gasteiger partial charge in [-0.15, -0.1) is 11.3 Å². The molecule has 0 spiro atoms. The van der Waals surface area contributed by atoms with Gasteiger partial charge < -0.3 is 10.1 Å². The van der Waals surface area contributed by atoms with Crippen molar-refractivity contribution in [2.75, 3.05) is 13.7 Å². The van der Waals surface area contributed by atoms with Crippen LogP contribution in [0.15, 0.2) is 0 Å². The third-order valence-corrected chi connectivity index (χ3v) is 3.86. The molecule has 0 saturated heterocycles. The standard InChI is InChI=1S/C11H16F4N2OS/c1-6(16-3)9-7(2)17-8(19-9)4-18-5-11(14,15)10(12)13/h6,10,16H,4-5H2,1-3H3. The highest BCUT2D eigenvalue weighted by Crippen LogP contribution is 2.27. The SMILES string of the molecule is CNC(C)c1sc(COCC(F)(F)C(F)F)nc1C. The molecular formula is C11H16F4N2OS. The first-order valence-corrected chi connectivity index (χ1v) is 6.46. The first-order chi connectivity index (χ1) is 8.77. The van der Waals surface area contributed by atoms with Crippen LogP contribution < -0.4 is 5.32 Å². The summed E-state index contributed by atoms with van der Waals surface area (Å²) < 4.78 is 53.7. The number of ether oxygens (including phenoxy) is 1. The van der Waals surface area contributed by atoms with Crippen LogP contribution in [0.2, 0.25) is 0 Å². The highest BCUT2D eigenvalue weighted by atomic mass is 32.1. The summed E-state index contributed by atoms with van der Waals surface area (Å²) in [6.45, 7) is 2.25. The summed E-state index contributed by atoms with van der Waals surface area (Å²) in [7, 11) is 1.79. The van der Waals surface area contributed by atoms with Crippen molar-refractivity contribution in [3.63, 3.8) is 0 Å². The molecule has 0 amide bonds. The lowest BCUT2D eigenvalue weighted by Crippen LogP contribution is -2.32. The Hall–Kier alpha value is -0.730. The molecule has 19 heavy (non-hydrogen) atoms. The minimum Gasteiger partial charge on any atom is -0.368 e. The largest absolute Gasteiger partial charge is 0.368 e. The van der Waals surface area contributed by atoms with Gasteiger partial charge in [-0.05, 0) is 20.9 Å². The molecule has 1 N–H and O–H groups in total. The Balaban J connectivity index is 2.55. The van der Waals surface area contributed by atoms with Gasteiger partial charge in [-0.2, -0.15) is 8.78 Å². The average molecular weight is 300 g/mol. The summed E-state index contributed by atoms with van der Waals surface area (Å²) in [4.78, 5) is 5.14. The Bertz CT molecular complexity index is 411. The fourth-order valence-corrected chi connectivity index (χ4v) is 2.46. The van der Waals surface area contributed by atoms with E-state index in [1.165, 1.54) is 11.3 Å². The van der Waals surface area contributed by atoms with E-state index in [-0.39, 0.29) is 12.6 Å². The second-order valence-corrected chi connectivity index (χ2v) is 5.24. The second-order valence-electron chi connectivity index (χ2n) is 4.12. The first kappa shape index (κ1) is 16.3. The normalized spacial score (nSPS) is 14.1. The topological polar surface area (TPSA) is 34.1 Å². The third kappa shape index (κ3) is 4.39. The van der Waals surface area contributed by atoms with Crippen LogP contribution in [0.4, 0.5) is 17.6 Å². The van der Waals surface area contributed by atoms with Gasteiger partial charge in [0.05, 0.1) is 12.3 Å². The highest BCUT2D eigenvalue weighted by Gasteiger charge is 2.41. The van der Waals surface area contributed by atoms with E-state index in [1.54, 1.807) is 14.0 Å². The van der Waals surface area contributed by atoms with Crippen molar-refractivity contribution in [3.05, 3.63) is 15.6 Å². The van der Waals surface area contributed by atoms with Gasteiger partial charge in [-0.1, -0.05) is 0 Å². The van der Waals surface area contributed by atoms with E-state index in [0.717, 1.165) is 10.6 Å². The van der Waals surface area contributed by atoms with E-state index in [0.29, 0.717) is 5.01 Å². The van der Waals surface area contributed by atoms with Gasteiger partial charge in [0.1, 0.15) is 11.6 Å². The molecule has 1 heterocycles. The molecule has 0 aliphatic rings. The zero-order valence-corrected chi connectivity index (χ0v) is 11.7. The van der Waals surface area contributed by atoms with E-state index in [4.69, 9.17) is 0 Å². The Morgan fingerprint density at radius 1 is 1.42 bits per heavy atom. The summed E-state index contributed by atoms with van der Waals surface area (Å²) in [5.74, 6) is -4.12. The van der Waals surface area contributed by atoms with Crippen LogP contribution >= 0.6 is 11.3 Å². The lowest BCUT2D eigenvalue weighted by atomic mass is 10.2. The Labute approximate surface area is 113 Å². The van der Waals surface area contributed by atoms with Crippen molar-refractivity contribution < 1.29 is 22.3 Å². The molecule has 1 atom stereocenters. The third-order valence-electron chi connectivity index (χ3n) is 2.54. The van der Waals surface area contributed by atoms with Crippen LogP contribution in [0, 0.1) is 6.92 Å². The fraction of sp³-hybridized carbons (Fsp3) is 0.727. The summed E-state index contributed by atoms with van der Waals surface area (Å²) in [6, 6.07) is 0.0914. The number of aryl methyl sites for hydroxylation is 1. The maximum atomic E-state index is 12.6. The second kappa shape index (κ2) is 6.62. The van der Waals surface area contributed by atoms with Gasteiger partial charge in [-0.25, -0.2) is 13.8 Å². The van der Waals surface area contributed by atoms with Crippen molar-refractivity contribution in [3.8, 4) is 0 Å². The number of hydrogen-bond acceptors (Lipinski definition) is 4. The van der Waals surface area contributed by atoms with E-state index < -0.39 is 19.0 Å². The van der Waals surface area contributed by atoms with E-state index >= 15 is 0 Å². The van der Waals surface area contributed by atoms with Crippen molar-refractivity contribution >= 4 is 11.3 Å². The van der Waals surface area contributed by atoms with Crippen LogP contribution in [-0.2, 0) is 11.3 Å². The average Bonchev–Trinajstić information content (AvgIpc) is 2.69. The van der Waals surface area contributed by atoms with Crippen molar-refractivity contribution in [2.24, 2.45) is 0 Å². The predicted molar refractivity (Wildman–Crippen MR) is 64.9 cm³/mol. The monoisotopic (exact) mass is 300 g/mol. The molecule has 1 rings (SSSR count). The molecule has 0 bridgehead atoms. The Morgan fingerprint density at radius 2 is 2.05 bits per heavy atom.